The third-order valence-electron chi connectivity index (χ3n) is 4.08. The lowest BCUT2D eigenvalue weighted by molar-refractivity contribution is -0.147. The Bertz CT molecular complexity index is 632. The fourth-order valence-electron chi connectivity index (χ4n) is 2.58. The zero-order chi connectivity index (χ0) is 18.4. The normalized spacial score (nSPS) is 19.6. The van der Waals surface area contributed by atoms with Gasteiger partial charge in [0.05, 0.1) is 5.92 Å². The minimum absolute atomic E-state index is 0.160. The Labute approximate surface area is 145 Å². The first-order valence-corrected chi connectivity index (χ1v) is 8.09. The summed E-state index contributed by atoms with van der Waals surface area (Å²) in [6.45, 7) is 2.04. The van der Waals surface area contributed by atoms with Gasteiger partial charge < -0.3 is 20.1 Å². The second-order valence-electron chi connectivity index (χ2n) is 6.32. The lowest BCUT2D eigenvalue weighted by atomic mass is 9.96. The predicted molar refractivity (Wildman–Crippen MR) is 89.3 cm³/mol. The number of carboxylic acids is 1. The summed E-state index contributed by atoms with van der Waals surface area (Å²) in [6, 6.07) is 9.30. The number of hydrogen-bond acceptors (Lipinski definition) is 5. The molecular formula is C17H23N3O5. The monoisotopic (exact) mass is 349 g/mol. The number of amides is 2. The van der Waals surface area contributed by atoms with Gasteiger partial charge in [-0.3, -0.25) is 10.5 Å². The van der Waals surface area contributed by atoms with Crippen molar-refractivity contribution in [1.29, 1.82) is 0 Å². The van der Waals surface area contributed by atoms with Crippen LogP contribution in [0.3, 0.4) is 0 Å². The van der Waals surface area contributed by atoms with E-state index in [4.69, 9.17) is 15.6 Å². The molecule has 1 aromatic carbocycles. The molecule has 8 nitrogen and oxygen atoms in total. The first-order chi connectivity index (χ1) is 11.8. The maximum absolute atomic E-state index is 12.2. The van der Waals surface area contributed by atoms with E-state index in [0.29, 0.717) is 19.4 Å². The molecule has 1 aliphatic heterocycles. The predicted octanol–water partition coefficient (Wildman–Crippen LogP) is 0.911. The molecule has 1 unspecified atom stereocenters. The highest BCUT2D eigenvalue weighted by Crippen LogP contribution is 2.18. The molecule has 2 amide bonds. The van der Waals surface area contributed by atoms with Gasteiger partial charge in [0, 0.05) is 13.1 Å². The van der Waals surface area contributed by atoms with Gasteiger partial charge in [-0.2, -0.15) is 0 Å². The van der Waals surface area contributed by atoms with Crippen molar-refractivity contribution < 1.29 is 24.2 Å². The highest BCUT2D eigenvalue weighted by atomic mass is 16.6. The van der Waals surface area contributed by atoms with Crippen LogP contribution >= 0.6 is 0 Å². The van der Waals surface area contributed by atoms with Crippen molar-refractivity contribution in [1.82, 2.24) is 10.2 Å². The van der Waals surface area contributed by atoms with Crippen LogP contribution in [0.5, 0.6) is 0 Å². The Morgan fingerprint density at radius 2 is 2.04 bits per heavy atom. The van der Waals surface area contributed by atoms with Crippen molar-refractivity contribution >= 4 is 18.0 Å². The van der Waals surface area contributed by atoms with E-state index in [1.165, 1.54) is 11.8 Å². The minimum Gasteiger partial charge on any atom is -0.479 e. The first kappa shape index (κ1) is 18.7. The molecule has 8 heteroatoms. The second-order valence-corrected chi connectivity index (χ2v) is 6.32. The number of rotatable bonds is 5. The summed E-state index contributed by atoms with van der Waals surface area (Å²) in [4.78, 5) is 36.9. The maximum Gasteiger partial charge on any atom is 0.410 e. The van der Waals surface area contributed by atoms with E-state index in [9.17, 15) is 14.4 Å². The molecule has 0 radical (unpaired) electrons. The van der Waals surface area contributed by atoms with Crippen molar-refractivity contribution in [2.45, 2.75) is 32.0 Å². The van der Waals surface area contributed by atoms with Crippen LogP contribution in [0.1, 0.15) is 25.3 Å². The van der Waals surface area contributed by atoms with Crippen LogP contribution in [0.25, 0.3) is 0 Å². The molecule has 0 saturated carbocycles. The van der Waals surface area contributed by atoms with Gasteiger partial charge in [-0.05, 0) is 25.3 Å². The van der Waals surface area contributed by atoms with Crippen molar-refractivity contribution in [3.63, 3.8) is 0 Å². The average molecular weight is 349 g/mol. The molecular weight excluding hydrogens is 326 g/mol. The Morgan fingerprint density at radius 3 is 2.68 bits per heavy atom. The zero-order valence-corrected chi connectivity index (χ0v) is 14.1. The number of hydrogen-bond donors (Lipinski definition) is 3. The lowest BCUT2D eigenvalue weighted by Gasteiger charge is -2.32. The van der Waals surface area contributed by atoms with E-state index in [1.807, 2.05) is 30.3 Å². The Morgan fingerprint density at radius 1 is 1.36 bits per heavy atom. The van der Waals surface area contributed by atoms with Crippen LogP contribution in [0, 0.1) is 5.92 Å². The molecule has 1 aromatic rings. The van der Waals surface area contributed by atoms with Gasteiger partial charge in [0.15, 0.2) is 5.66 Å². The van der Waals surface area contributed by atoms with Crippen molar-refractivity contribution in [2.24, 2.45) is 11.7 Å². The van der Waals surface area contributed by atoms with Crippen LogP contribution in [0.4, 0.5) is 4.79 Å². The van der Waals surface area contributed by atoms with E-state index >= 15 is 0 Å². The van der Waals surface area contributed by atoms with Crippen LogP contribution in [-0.2, 0) is 20.9 Å². The topological polar surface area (TPSA) is 122 Å². The molecule has 1 saturated heterocycles. The molecule has 2 rings (SSSR count). The number of nitrogens with two attached hydrogens (primary N) is 1. The highest BCUT2D eigenvalue weighted by molar-refractivity contribution is 5.87. The fraction of sp³-hybridized carbons (Fsp3) is 0.471. The second kappa shape index (κ2) is 7.98. The van der Waals surface area contributed by atoms with Crippen molar-refractivity contribution in [3.8, 4) is 0 Å². The van der Waals surface area contributed by atoms with Crippen LogP contribution < -0.4 is 11.1 Å². The quantitative estimate of drug-likeness (QED) is 0.679. The standard InChI is InChI=1S/C17H23N3O5/c1-17(18,15(22)23)19-14(21)13-8-5-9-20(10-13)16(24)25-11-12-6-3-2-4-7-12/h2-4,6-7,13H,5,8-11,18H2,1H3,(H,19,21)(H,22,23)/t13?,17-/m0/s1. The molecule has 0 spiro atoms. The fourth-order valence-corrected chi connectivity index (χ4v) is 2.58. The first-order valence-electron chi connectivity index (χ1n) is 8.09. The summed E-state index contributed by atoms with van der Waals surface area (Å²) in [6.07, 6.45) is 0.701. The van der Waals surface area contributed by atoms with Crippen LogP contribution in [0.15, 0.2) is 30.3 Å². The Balaban J connectivity index is 1.88. The van der Waals surface area contributed by atoms with Gasteiger partial charge in [-0.25, -0.2) is 9.59 Å². The lowest BCUT2D eigenvalue weighted by Crippen LogP contribution is -2.61. The van der Waals surface area contributed by atoms with Gasteiger partial charge in [-0.1, -0.05) is 30.3 Å². The third kappa shape index (κ3) is 5.18. The van der Waals surface area contributed by atoms with Gasteiger partial charge in [0.2, 0.25) is 5.91 Å². The van der Waals surface area contributed by atoms with Crippen molar-refractivity contribution in [2.75, 3.05) is 13.1 Å². The Hall–Kier alpha value is -2.61. The highest BCUT2D eigenvalue weighted by Gasteiger charge is 2.35. The SMILES string of the molecule is C[C@](N)(NC(=O)C1CCCN(C(=O)OCc2ccccc2)C1)C(=O)O. The zero-order valence-electron chi connectivity index (χ0n) is 14.1. The Kier molecular flexibility index (Phi) is 5.97. The molecule has 0 aromatic heterocycles. The van der Waals surface area contributed by atoms with Gasteiger partial charge >= 0.3 is 12.1 Å². The summed E-state index contributed by atoms with van der Waals surface area (Å²) in [5, 5.41) is 11.3. The van der Waals surface area contributed by atoms with E-state index in [2.05, 4.69) is 5.32 Å². The number of carbonyl (C=O) groups excluding carboxylic acids is 2. The third-order valence-corrected chi connectivity index (χ3v) is 4.08. The molecule has 2 atom stereocenters. The number of nitrogens with one attached hydrogen (secondary N) is 1. The van der Waals surface area contributed by atoms with E-state index in [1.54, 1.807) is 0 Å². The number of ether oxygens (including phenoxy) is 1. The molecule has 1 heterocycles. The average Bonchev–Trinajstić information content (AvgIpc) is 2.60. The van der Waals surface area contributed by atoms with Gasteiger partial charge in [0.25, 0.3) is 0 Å². The molecule has 25 heavy (non-hydrogen) atoms. The number of likely N-dealkylation sites (tertiary alicyclic amines) is 1. The molecule has 1 fully saturated rings. The van der Waals surface area contributed by atoms with E-state index < -0.39 is 29.6 Å². The van der Waals surface area contributed by atoms with Gasteiger partial charge in [-0.15, -0.1) is 0 Å². The van der Waals surface area contributed by atoms with Gasteiger partial charge in [0.1, 0.15) is 6.61 Å². The molecule has 1 aliphatic rings. The number of carbonyl (C=O) groups is 3. The number of carboxylic acid groups (broad SMARTS) is 1. The number of aliphatic carboxylic acids is 1. The largest absolute Gasteiger partial charge is 0.479 e. The maximum atomic E-state index is 12.2. The number of nitrogens with zero attached hydrogens (tertiary/aromatic N) is 1. The smallest absolute Gasteiger partial charge is 0.410 e. The van der Waals surface area contributed by atoms with Crippen LogP contribution in [-0.4, -0.2) is 46.7 Å². The molecule has 4 N–H and O–H groups in total. The minimum atomic E-state index is -1.84. The van der Waals surface area contributed by atoms with Crippen LogP contribution in [0.2, 0.25) is 0 Å². The summed E-state index contributed by atoms with van der Waals surface area (Å²) < 4.78 is 5.27. The molecule has 136 valence electrons. The van der Waals surface area contributed by atoms with Crippen molar-refractivity contribution in [3.05, 3.63) is 35.9 Å². The molecule has 0 bridgehead atoms. The number of piperidine rings is 1. The molecule has 0 aliphatic carbocycles. The summed E-state index contributed by atoms with van der Waals surface area (Å²) in [7, 11) is 0. The van der Waals surface area contributed by atoms with E-state index in [0.717, 1.165) is 5.56 Å². The summed E-state index contributed by atoms with van der Waals surface area (Å²) >= 11 is 0. The summed E-state index contributed by atoms with van der Waals surface area (Å²) in [5.74, 6) is -2.32. The van der Waals surface area contributed by atoms with E-state index in [-0.39, 0.29) is 13.2 Å². The summed E-state index contributed by atoms with van der Waals surface area (Å²) in [5.41, 5.74) is 4.57. The number of benzene rings is 1.